The lowest BCUT2D eigenvalue weighted by atomic mass is 9.85. The minimum Gasteiger partial charge on any atom is -0.457 e. The molecule has 5 nitrogen and oxygen atoms in total. The molecule has 2 aromatic carbocycles. The highest BCUT2D eigenvalue weighted by Crippen LogP contribution is 2.53. The highest BCUT2D eigenvalue weighted by Gasteiger charge is 2.59. The third kappa shape index (κ3) is 3.36. The van der Waals surface area contributed by atoms with Gasteiger partial charge < -0.3 is 4.74 Å². The highest BCUT2D eigenvalue weighted by atomic mass is 16.5. The van der Waals surface area contributed by atoms with Crippen molar-refractivity contribution in [2.75, 3.05) is 4.90 Å². The van der Waals surface area contributed by atoms with Gasteiger partial charge in [0.05, 0.1) is 23.1 Å². The lowest BCUT2D eigenvalue weighted by Gasteiger charge is -2.19. The molecular formula is C27H27NO4. The molecule has 1 aliphatic heterocycles. The van der Waals surface area contributed by atoms with E-state index in [9.17, 15) is 14.4 Å². The van der Waals surface area contributed by atoms with Crippen LogP contribution in [0.4, 0.5) is 5.69 Å². The van der Waals surface area contributed by atoms with E-state index in [-0.39, 0.29) is 47.5 Å². The molecular weight excluding hydrogens is 402 g/mol. The number of nitrogens with zero attached hydrogens (tertiary/aromatic N) is 1. The first-order valence-corrected chi connectivity index (χ1v) is 11.2. The predicted molar refractivity (Wildman–Crippen MR) is 121 cm³/mol. The molecule has 1 heterocycles. The monoisotopic (exact) mass is 429 g/mol. The number of allylic oxidation sites excluding steroid dienone is 2. The van der Waals surface area contributed by atoms with Crippen molar-refractivity contribution in [2.45, 2.75) is 39.2 Å². The molecule has 2 aliphatic carbocycles. The Morgan fingerprint density at radius 2 is 1.47 bits per heavy atom. The van der Waals surface area contributed by atoms with E-state index in [0.29, 0.717) is 11.3 Å². The van der Waals surface area contributed by atoms with Gasteiger partial charge in [-0.3, -0.25) is 14.5 Å². The van der Waals surface area contributed by atoms with E-state index in [1.807, 2.05) is 12.1 Å². The summed E-state index contributed by atoms with van der Waals surface area (Å²) in [6.07, 6.45) is 5.07. The number of amides is 2. The quantitative estimate of drug-likeness (QED) is 0.403. The van der Waals surface area contributed by atoms with Crippen molar-refractivity contribution in [3.63, 3.8) is 0 Å². The number of carbonyl (C=O) groups excluding carboxylic acids is 3. The zero-order valence-electron chi connectivity index (χ0n) is 18.6. The zero-order valence-corrected chi connectivity index (χ0v) is 18.6. The number of fused-ring (bicyclic) bond motifs is 5. The van der Waals surface area contributed by atoms with Crippen LogP contribution >= 0.6 is 0 Å². The molecule has 3 aliphatic rings. The summed E-state index contributed by atoms with van der Waals surface area (Å²) in [5.74, 6) is -0.777. The molecule has 0 unspecified atom stereocenters. The third-order valence-corrected chi connectivity index (χ3v) is 7.02. The number of rotatable bonds is 4. The summed E-state index contributed by atoms with van der Waals surface area (Å²) in [7, 11) is 0. The van der Waals surface area contributed by atoms with Crippen molar-refractivity contribution < 1.29 is 19.1 Å². The second-order valence-electron chi connectivity index (χ2n) is 10.1. The number of carbonyl (C=O) groups is 3. The predicted octanol–water partition coefficient (Wildman–Crippen LogP) is 4.65. The van der Waals surface area contributed by atoms with Crippen LogP contribution in [0.15, 0.2) is 60.7 Å². The molecule has 0 aromatic heterocycles. The van der Waals surface area contributed by atoms with E-state index >= 15 is 0 Å². The van der Waals surface area contributed by atoms with Crippen LogP contribution in [0.3, 0.4) is 0 Å². The number of anilines is 1. The van der Waals surface area contributed by atoms with E-state index in [1.54, 1.807) is 24.3 Å². The molecule has 2 amide bonds. The Bertz CT molecular complexity index is 1080. The van der Waals surface area contributed by atoms with E-state index < -0.39 is 5.97 Å². The molecule has 0 spiro atoms. The molecule has 0 radical (unpaired) electrons. The summed E-state index contributed by atoms with van der Waals surface area (Å²) in [5, 5.41) is 0. The Hall–Kier alpha value is -3.21. The van der Waals surface area contributed by atoms with Gasteiger partial charge >= 0.3 is 5.97 Å². The first-order chi connectivity index (χ1) is 15.2. The average molecular weight is 430 g/mol. The van der Waals surface area contributed by atoms with E-state index in [1.165, 1.54) is 10.5 Å². The van der Waals surface area contributed by atoms with E-state index in [2.05, 4.69) is 45.1 Å². The summed E-state index contributed by atoms with van der Waals surface area (Å²) in [6.45, 7) is 6.65. The van der Waals surface area contributed by atoms with Crippen LogP contribution in [0.1, 0.15) is 48.7 Å². The Morgan fingerprint density at radius 1 is 0.906 bits per heavy atom. The fourth-order valence-corrected chi connectivity index (χ4v) is 5.24. The van der Waals surface area contributed by atoms with Crippen LogP contribution in [-0.4, -0.2) is 17.8 Å². The molecule has 5 heteroatoms. The van der Waals surface area contributed by atoms with Crippen molar-refractivity contribution in [1.82, 2.24) is 0 Å². The number of ether oxygens (including phenoxy) is 1. The molecule has 0 N–H and O–H groups in total. The zero-order chi connectivity index (χ0) is 22.6. The van der Waals surface area contributed by atoms with Crippen LogP contribution in [-0.2, 0) is 26.3 Å². The van der Waals surface area contributed by atoms with Crippen LogP contribution in [0.2, 0.25) is 0 Å². The fourth-order valence-electron chi connectivity index (χ4n) is 5.24. The van der Waals surface area contributed by atoms with Gasteiger partial charge in [0.25, 0.3) is 0 Å². The smallest absolute Gasteiger partial charge is 0.338 e. The summed E-state index contributed by atoms with van der Waals surface area (Å²) < 4.78 is 5.45. The van der Waals surface area contributed by atoms with E-state index in [4.69, 9.17) is 4.74 Å². The van der Waals surface area contributed by atoms with Gasteiger partial charge in [-0.05, 0) is 59.1 Å². The van der Waals surface area contributed by atoms with Gasteiger partial charge in [-0.15, -0.1) is 0 Å². The number of imide groups is 1. The van der Waals surface area contributed by atoms with Gasteiger partial charge in [0, 0.05) is 0 Å². The largest absolute Gasteiger partial charge is 0.457 e. The van der Waals surface area contributed by atoms with Gasteiger partial charge in [-0.1, -0.05) is 57.2 Å². The topological polar surface area (TPSA) is 63.7 Å². The molecule has 5 rings (SSSR count). The van der Waals surface area contributed by atoms with Gasteiger partial charge in [0.15, 0.2) is 0 Å². The van der Waals surface area contributed by atoms with Crippen LogP contribution < -0.4 is 4.90 Å². The normalized spacial score (nSPS) is 26.0. The Kier molecular flexibility index (Phi) is 4.81. The number of hydrogen-bond donors (Lipinski definition) is 0. The summed E-state index contributed by atoms with van der Waals surface area (Å²) >= 11 is 0. The van der Waals surface area contributed by atoms with Gasteiger partial charge in [0.1, 0.15) is 6.61 Å². The number of esters is 1. The lowest BCUT2D eigenvalue weighted by Crippen LogP contribution is -2.32. The summed E-state index contributed by atoms with van der Waals surface area (Å²) in [5.41, 5.74) is 3.13. The Labute approximate surface area is 188 Å². The maximum Gasteiger partial charge on any atom is 0.338 e. The second kappa shape index (κ2) is 7.44. The second-order valence-corrected chi connectivity index (χ2v) is 10.1. The first-order valence-electron chi connectivity index (χ1n) is 11.2. The molecule has 2 aromatic rings. The van der Waals surface area contributed by atoms with E-state index in [0.717, 1.165) is 12.0 Å². The molecule has 2 fully saturated rings. The van der Waals surface area contributed by atoms with Crippen molar-refractivity contribution in [3.05, 3.63) is 77.4 Å². The van der Waals surface area contributed by atoms with Crippen LogP contribution in [0.5, 0.6) is 0 Å². The first kappa shape index (κ1) is 20.7. The fraction of sp³-hybridized carbons (Fsp3) is 0.370. The minimum absolute atomic E-state index is 0.0732. The van der Waals surface area contributed by atoms with Crippen molar-refractivity contribution in [2.24, 2.45) is 23.7 Å². The van der Waals surface area contributed by atoms with Gasteiger partial charge in [0.2, 0.25) is 11.8 Å². The van der Waals surface area contributed by atoms with Gasteiger partial charge in [-0.2, -0.15) is 0 Å². The maximum absolute atomic E-state index is 12.9. The molecule has 1 saturated carbocycles. The van der Waals surface area contributed by atoms with Crippen LogP contribution in [0, 0.1) is 23.7 Å². The average Bonchev–Trinajstić information content (AvgIpc) is 3.45. The highest BCUT2D eigenvalue weighted by molar-refractivity contribution is 6.22. The standard InChI is InChI=1S/C27H27NO4/c1-27(2,3)20-10-4-16(5-11-20)15-32-26(31)17-8-12-21(13-9-17)28-24(29)22-18-6-7-19(14-18)23(22)25(28)30/h4-13,18-19,22-23H,14-15H2,1-3H3/t18-,19+,22-,23+. The Balaban J connectivity index is 1.24. The molecule has 1 saturated heterocycles. The Morgan fingerprint density at radius 3 is 2.00 bits per heavy atom. The summed E-state index contributed by atoms with van der Waals surface area (Å²) in [4.78, 5) is 39.6. The lowest BCUT2D eigenvalue weighted by molar-refractivity contribution is -0.123. The van der Waals surface area contributed by atoms with Crippen LogP contribution in [0.25, 0.3) is 0 Å². The molecule has 2 bridgehead atoms. The SMILES string of the molecule is CC(C)(C)c1ccc(COC(=O)c2ccc(N3C(=O)[C@@H]4[C@H](C3=O)[C@@H]3C=C[C@H]4C3)cc2)cc1. The van der Waals surface area contributed by atoms with Gasteiger partial charge in [-0.25, -0.2) is 4.79 Å². The van der Waals surface area contributed by atoms with Crippen molar-refractivity contribution >= 4 is 23.5 Å². The minimum atomic E-state index is -0.436. The number of hydrogen-bond acceptors (Lipinski definition) is 4. The number of benzene rings is 2. The van der Waals surface area contributed by atoms with Crippen molar-refractivity contribution in [1.29, 1.82) is 0 Å². The van der Waals surface area contributed by atoms with Crippen molar-refractivity contribution in [3.8, 4) is 0 Å². The summed E-state index contributed by atoms with van der Waals surface area (Å²) in [6, 6.07) is 14.6. The maximum atomic E-state index is 12.9. The molecule has 164 valence electrons. The molecule has 32 heavy (non-hydrogen) atoms. The third-order valence-electron chi connectivity index (χ3n) is 7.02. The molecule has 4 atom stereocenters.